The van der Waals surface area contributed by atoms with Crippen molar-refractivity contribution in [2.75, 3.05) is 13.1 Å². The van der Waals surface area contributed by atoms with Gasteiger partial charge in [-0.3, -0.25) is 9.69 Å². The highest BCUT2D eigenvalue weighted by Gasteiger charge is 2.24. The first-order valence-electron chi connectivity index (χ1n) is 9.55. The average Bonchev–Trinajstić information content (AvgIpc) is 3.13. The minimum absolute atomic E-state index is 0.0133. The third kappa shape index (κ3) is 4.51. The summed E-state index contributed by atoms with van der Waals surface area (Å²) in [6, 6.07) is 16.5. The quantitative estimate of drug-likeness (QED) is 0.460. The van der Waals surface area contributed by atoms with E-state index in [9.17, 15) is 4.79 Å². The third-order valence-electron chi connectivity index (χ3n) is 5.28. The number of hydrazone groups is 1. The number of benzene rings is 2. The topological polar surface area (TPSA) is 60.5 Å². The van der Waals surface area contributed by atoms with Crippen LogP contribution in [0.25, 0.3) is 10.9 Å². The van der Waals surface area contributed by atoms with Gasteiger partial charge in [-0.2, -0.15) is 5.10 Å². The van der Waals surface area contributed by atoms with E-state index in [1.165, 1.54) is 5.56 Å². The number of aromatic nitrogens is 1. The maximum Gasteiger partial charge on any atom is 0.243 e. The summed E-state index contributed by atoms with van der Waals surface area (Å²) in [5.74, 6) is 0.0423. The molecule has 2 heterocycles. The lowest BCUT2D eigenvalue weighted by molar-refractivity contribution is -0.126. The highest BCUT2D eigenvalue weighted by atomic mass is 79.9. The summed E-state index contributed by atoms with van der Waals surface area (Å²) in [4.78, 5) is 18.0. The van der Waals surface area contributed by atoms with E-state index in [2.05, 4.69) is 60.6 Å². The van der Waals surface area contributed by atoms with Crippen molar-refractivity contribution in [1.82, 2.24) is 15.3 Å². The van der Waals surface area contributed by atoms with Gasteiger partial charge in [0.15, 0.2) is 0 Å². The summed E-state index contributed by atoms with van der Waals surface area (Å²) in [5, 5.41) is 5.27. The SMILES string of the molecule is O=C(NN=Cc1c[nH]c2ccccc12)C1CCN(Cc2ccc(Br)cc2)CC1. The molecule has 0 saturated carbocycles. The molecule has 0 unspecified atom stereocenters. The van der Waals surface area contributed by atoms with Crippen LogP contribution in [0.5, 0.6) is 0 Å². The zero-order valence-electron chi connectivity index (χ0n) is 15.6. The van der Waals surface area contributed by atoms with E-state index in [1.54, 1.807) is 6.21 Å². The van der Waals surface area contributed by atoms with Gasteiger partial charge >= 0.3 is 0 Å². The van der Waals surface area contributed by atoms with Gasteiger partial charge in [0, 0.05) is 39.6 Å². The van der Waals surface area contributed by atoms with Crippen LogP contribution in [0.15, 0.2) is 64.3 Å². The number of aromatic amines is 1. The first-order chi connectivity index (χ1) is 13.7. The second-order valence-corrected chi connectivity index (χ2v) is 8.12. The van der Waals surface area contributed by atoms with E-state index >= 15 is 0 Å². The highest BCUT2D eigenvalue weighted by Crippen LogP contribution is 2.20. The Morgan fingerprint density at radius 1 is 1.18 bits per heavy atom. The van der Waals surface area contributed by atoms with Crippen LogP contribution < -0.4 is 5.43 Å². The van der Waals surface area contributed by atoms with Crippen molar-refractivity contribution in [1.29, 1.82) is 0 Å². The maximum atomic E-state index is 12.4. The van der Waals surface area contributed by atoms with Gasteiger partial charge in [-0.05, 0) is 49.7 Å². The Balaban J connectivity index is 1.26. The van der Waals surface area contributed by atoms with Crippen LogP contribution >= 0.6 is 15.9 Å². The molecule has 0 aliphatic carbocycles. The molecule has 0 atom stereocenters. The predicted molar refractivity (Wildman–Crippen MR) is 116 cm³/mol. The number of halogens is 1. The number of carbonyl (C=O) groups excluding carboxylic acids is 1. The van der Waals surface area contributed by atoms with Gasteiger partial charge in [-0.25, -0.2) is 5.43 Å². The fourth-order valence-corrected chi connectivity index (χ4v) is 3.92. The molecule has 1 aliphatic heterocycles. The number of likely N-dealkylation sites (tertiary alicyclic amines) is 1. The molecule has 0 radical (unpaired) electrons. The zero-order valence-corrected chi connectivity index (χ0v) is 17.2. The van der Waals surface area contributed by atoms with Crippen LogP contribution in [0.1, 0.15) is 24.0 Å². The fourth-order valence-electron chi connectivity index (χ4n) is 3.66. The number of nitrogens with one attached hydrogen (secondary N) is 2. The number of rotatable bonds is 5. The number of amides is 1. The van der Waals surface area contributed by atoms with Crippen molar-refractivity contribution in [3.63, 3.8) is 0 Å². The van der Waals surface area contributed by atoms with E-state index in [1.807, 2.05) is 30.5 Å². The number of hydrogen-bond donors (Lipinski definition) is 2. The number of nitrogens with zero attached hydrogens (tertiary/aromatic N) is 2. The molecule has 144 valence electrons. The average molecular weight is 439 g/mol. The molecule has 2 aromatic carbocycles. The van der Waals surface area contributed by atoms with Crippen LogP contribution in [-0.4, -0.2) is 35.1 Å². The third-order valence-corrected chi connectivity index (χ3v) is 5.81. The van der Waals surface area contributed by atoms with Gasteiger partial charge in [0.05, 0.1) is 6.21 Å². The predicted octanol–water partition coefficient (Wildman–Crippen LogP) is 4.29. The summed E-state index contributed by atoms with van der Waals surface area (Å²) >= 11 is 3.47. The first-order valence-corrected chi connectivity index (χ1v) is 10.3. The Labute approximate surface area is 172 Å². The lowest BCUT2D eigenvalue weighted by Crippen LogP contribution is -2.39. The minimum atomic E-state index is 0.0133. The van der Waals surface area contributed by atoms with Gasteiger partial charge in [0.25, 0.3) is 0 Å². The lowest BCUT2D eigenvalue weighted by atomic mass is 9.96. The van der Waals surface area contributed by atoms with E-state index in [0.29, 0.717) is 0 Å². The van der Waals surface area contributed by atoms with E-state index in [0.717, 1.165) is 53.4 Å². The van der Waals surface area contributed by atoms with Crippen LogP contribution in [-0.2, 0) is 11.3 Å². The van der Waals surface area contributed by atoms with Crippen LogP contribution in [0.4, 0.5) is 0 Å². The smallest absolute Gasteiger partial charge is 0.243 e. The molecule has 4 rings (SSSR count). The Morgan fingerprint density at radius 2 is 1.93 bits per heavy atom. The normalized spacial score (nSPS) is 16.0. The van der Waals surface area contributed by atoms with Gasteiger partial charge in [-0.1, -0.05) is 46.3 Å². The first kappa shape index (κ1) is 18.9. The lowest BCUT2D eigenvalue weighted by Gasteiger charge is -2.30. The standard InChI is InChI=1S/C22H23BrN4O/c23-19-7-5-16(6-8-19)15-27-11-9-17(10-12-27)22(28)26-25-14-18-13-24-21-4-2-1-3-20(18)21/h1-8,13-14,17,24H,9-12,15H2,(H,26,28). The van der Waals surface area contributed by atoms with Gasteiger partial charge in [-0.15, -0.1) is 0 Å². The van der Waals surface area contributed by atoms with Gasteiger partial charge in [0.1, 0.15) is 0 Å². The van der Waals surface area contributed by atoms with E-state index in [4.69, 9.17) is 0 Å². The maximum absolute atomic E-state index is 12.4. The highest BCUT2D eigenvalue weighted by molar-refractivity contribution is 9.10. The number of H-pyrrole nitrogens is 1. The fraction of sp³-hybridized carbons (Fsp3) is 0.273. The Bertz CT molecular complexity index is 972. The molecule has 1 aromatic heterocycles. The second kappa shape index (κ2) is 8.71. The van der Waals surface area contributed by atoms with Crippen LogP contribution in [0, 0.1) is 5.92 Å². The molecule has 0 bridgehead atoms. The van der Waals surface area contributed by atoms with E-state index in [-0.39, 0.29) is 11.8 Å². The largest absolute Gasteiger partial charge is 0.361 e. The molecule has 1 aliphatic rings. The van der Waals surface area contributed by atoms with Crippen LogP contribution in [0.3, 0.4) is 0 Å². The van der Waals surface area contributed by atoms with Crippen LogP contribution in [0.2, 0.25) is 0 Å². The summed E-state index contributed by atoms with van der Waals surface area (Å²) in [6.45, 7) is 2.79. The number of carbonyl (C=O) groups is 1. The molecule has 28 heavy (non-hydrogen) atoms. The molecular formula is C22H23BrN4O. The van der Waals surface area contributed by atoms with E-state index < -0.39 is 0 Å². The second-order valence-electron chi connectivity index (χ2n) is 7.20. The molecule has 6 heteroatoms. The Kier molecular flexibility index (Phi) is 5.88. The molecule has 1 fully saturated rings. The van der Waals surface area contributed by atoms with Crippen molar-refractivity contribution in [3.8, 4) is 0 Å². The summed E-state index contributed by atoms with van der Waals surface area (Å²) < 4.78 is 1.10. The van der Waals surface area contributed by atoms with Crippen molar-refractivity contribution in [2.45, 2.75) is 19.4 Å². The number of piperidine rings is 1. The molecular weight excluding hydrogens is 416 g/mol. The Morgan fingerprint density at radius 3 is 2.71 bits per heavy atom. The summed E-state index contributed by atoms with van der Waals surface area (Å²) in [5.41, 5.74) is 6.06. The molecule has 5 nitrogen and oxygen atoms in total. The minimum Gasteiger partial charge on any atom is -0.361 e. The van der Waals surface area contributed by atoms with Crippen molar-refractivity contribution >= 4 is 39.0 Å². The van der Waals surface area contributed by atoms with Crippen molar-refractivity contribution in [3.05, 3.63) is 70.3 Å². The monoisotopic (exact) mass is 438 g/mol. The number of para-hydroxylation sites is 1. The van der Waals surface area contributed by atoms with Crippen molar-refractivity contribution < 1.29 is 4.79 Å². The molecule has 1 amide bonds. The van der Waals surface area contributed by atoms with Gasteiger partial charge in [0.2, 0.25) is 5.91 Å². The Hall–Kier alpha value is -2.44. The van der Waals surface area contributed by atoms with Gasteiger partial charge < -0.3 is 4.98 Å². The molecule has 0 spiro atoms. The summed E-state index contributed by atoms with van der Waals surface area (Å²) in [6.07, 6.45) is 5.34. The number of fused-ring (bicyclic) bond motifs is 1. The summed E-state index contributed by atoms with van der Waals surface area (Å²) in [7, 11) is 0. The molecule has 2 N–H and O–H groups in total. The molecule has 1 saturated heterocycles. The number of hydrogen-bond acceptors (Lipinski definition) is 3. The molecule has 3 aromatic rings. The van der Waals surface area contributed by atoms with Crippen molar-refractivity contribution in [2.24, 2.45) is 11.0 Å². The zero-order chi connectivity index (χ0) is 19.3.